The number of non-ortho nitro benzene ring substituents is 1. The number of ether oxygens (including phenoxy) is 1. The summed E-state index contributed by atoms with van der Waals surface area (Å²) in [5, 5.41) is 13.6. The van der Waals surface area contributed by atoms with E-state index in [-0.39, 0.29) is 33.6 Å². The molecule has 1 amide bonds. The van der Waals surface area contributed by atoms with Gasteiger partial charge in [0.1, 0.15) is 5.75 Å². The van der Waals surface area contributed by atoms with Gasteiger partial charge in [-0.3, -0.25) is 14.9 Å². The van der Waals surface area contributed by atoms with Crippen molar-refractivity contribution >= 4 is 27.3 Å². The first kappa shape index (κ1) is 21.7. The number of hydrogen-bond donors (Lipinski definition) is 1. The van der Waals surface area contributed by atoms with Crippen LogP contribution in [0.15, 0.2) is 47.4 Å². The van der Waals surface area contributed by atoms with Crippen molar-refractivity contribution in [3.05, 3.63) is 58.1 Å². The first-order valence-corrected chi connectivity index (χ1v) is 10.9. The highest BCUT2D eigenvalue weighted by Gasteiger charge is 2.31. The van der Waals surface area contributed by atoms with E-state index in [9.17, 15) is 23.3 Å². The van der Waals surface area contributed by atoms with Gasteiger partial charge in [0.2, 0.25) is 10.0 Å². The molecule has 0 bridgehead atoms. The maximum absolute atomic E-state index is 12.9. The number of carbonyl (C=O) groups excluding carboxylic acids is 1. The number of piperidine rings is 1. The lowest BCUT2D eigenvalue weighted by atomic mass is 10.1. The Labute approximate surface area is 174 Å². The number of benzene rings is 2. The second-order valence-corrected chi connectivity index (χ2v) is 8.97. The number of methoxy groups -OCH3 is 1. The van der Waals surface area contributed by atoms with Crippen LogP contribution in [0.25, 0.3) is 0 Å². The van der Waals surface area contributed by atoms with Crippen molar-refractivity contribution in [1.29, 1.82) is 0 Å². The molecule has 3 rings (SSSR count). The van der Waals surface area contributed by atoms with Crippen molar-refractivity contribution in [2.24, 2.45) is 0 Å². The molecule has 1 aliphatic heterocycles. The van der Waals surface area contributed by atoms with Crippen LogP contribution < -0.4 is 10.1 Å². The van der Waals surface area contributed by atoms with E-state index in [0.29, 0.717) is 6.54 Å². The quantitative estimate of drug-likeness (QED) is 0.551. The Hall–Kier alpha value is -2.98. The van der Waals surface area contributed by atoms with Crippen LogP contribution in [0.5, 0.6) is 5.75 Å². The number of rotatable bonds is 6. The number of sulfonamides is 1. The predicted octanol–water partition coefficient (Wildman–Crippen LogP) is 3.42. The van der Waals surface area contributed by atoms with E-state index in [2.05, 4.69) is 5.32 Å². The third-order valence-corrected chi connectivity index (χ3v) is 7.13. The Balaban J connectivity index is 1.80. The molecule has 9 nitrogen and oxygen atoms in total. The highest BCUT2D eigenvalue weighted by atomic mass is 32.2. The predicted molar refractivity (Wildman–Crippen MR) is 111 cm³/mol. The van der Waals surface area contributed by atoms with Gasteiger partial charge >= 0.3 is 0 Å². The minimum atomic E-state index is -3.63. The number of hydrogen-bond acceptors (Lipinski definition) is 6. The lowest BCUT2D eigenvalue weighted by Crippen LogP contribution is -2.41. The zero-order chi connectivity index (χ0) is 21.9. The molecule has 1 fully saturated rings. The molecule has 0 radical (unpaired) electrons. The first-order chi connectivity index (χ1) is 14.2. The van der Waals surface area contributed by atoms with Crippen molar-refractivity contribution < 1.29 is 22.9 Å². The summed E-state index contributed by atoms with van der Waals surface area (Å²) >= 11 is 0. The SMILES string of the molecule is COc1ccc([N+](=O)[O-])cc1NC(=O)c1ccc(S(=O)(=O)N2CCCC[C@H]2C)cc1. The average Bonchev–Trinajstić information content (AvgIpc) is 2.73. The van der Waals surface area contributed by atoms with E-state index in [0.717, 1.165) is 19.3 Å². The lowest BCUT2D eigenvalue weighted by Gasteiger charge is -2.32. The molecule has 2 aromatic rings. The summed E-state index contributed by atoms with van der Waals surface area (Å²) in [5.74, 6) is -0.267. The van der Waals surface area contributed by atoms with E-state index in [1.807, 2.05) is 6.92 Å². The Morgan fingerprint density at radius 1 is 1.20 bits per heavy atom. The van der Waals surface area contributed by atoms with Gasteiger partial charge in [-0.05, 0) is 50.1 Å². The van der Waals surface area contributed by atoms with Crippen LogP contribution in [-0.2, 0) is 10.0 Å². The normalized spacial score (nSPS) is 17.3. The third kappa shape index (κ3) is 4.44. The van der Waals surface area contributed by atoms with E-state index in [1.54, 1.807) is 0 Å². The molecule has 1 aliphatic rings. The second-order valence-electron chi connectivity index (χ2n) is 7.08. The molecule has 0 saturated carbocycles. The standard InChI is InChI=1S/C20H23N3O6S/c1-14-5-3-4-12-22(14)30(27,28)17-9-6-15(7-10-17)20(24)21-18-13-16(23(25)26)8-11-19(18)29-2/h6-11,13-14H,3-5,12H2,1-2H3,(H,21,24)/t14-/m1/s1. The van der Waals surface area contributed by atoms with Crippen LogP contribution in [0, 0.1) is 10.1 Å². The van der Waals surface area contributed by atoms with Crippen LogP contribution in [-0.4, -0.2) is 43.2 Å². The molecule has 160 valence electrons. The molecular weight excluding hydrogens is 410 g/mol. The summed E-state index contributed by atoms with van der Waals surface area (Å²) < 4.78 is 32.4. The van der Waals surface area contributed by atoms with Crippen molar-refractivity contribution in [3.63, 3.8) is 0 Å². The van der Waals surface area contributed by atoms with Gasteiger partial charge in [-0.15, -0.1) is 0 Å². The number of nitro benzene ring substituents is 1. The zero-order valence-electron chi connectivity index (χ0n) is 16.7. The molecule has 2 aromatic carbocycles. The topological polar surface area (TPSA) is 119 Å². The molecule has 1 heterocycles. The van der Waals surface area contributed by atoms with Crippen LogP contribution in [0.1, 0.15) is 36.5 Å². The molecule has 30 heavy (non-hydrogen) atoms. The minimum absolute atomic E-state index is 0.0620. The van der Waals surface area contributed by atoms with Gasteiger partial charge in [-0.1, -0.05) is 6.42 Å². The van der Waals surface area contributed by atoms with Gasteiger partial charge in [0.25, 0.3) is 11.6 Å². The summed E-state index contributed by atoms with van der Waals surface area (Å²) in [7, 11) is -2.24. The van der Waals surface area contributed by atoms with Gasteiger partial charge in [0.15, 0.2) is 0 Å². The molecule has 0 spiro atoms. The molecule has 1 atom stereocenters. The number of amides is 1. The maximum Gasteiger partial charge on any atom is 0.271 e. The summed E-state index contributed by atoms with van der Waals surface area (Å²) in [6.07, 6.45) is 2.66. The van der Waals surface area contributed by atoms with Gasteiger partial charge < -0.3 is 10.1 Å². The molecule has 0 unspecified atom stereocenters. The van der Waals surface area contributed by atoms with Crippen LogP contribution in [0.2, 0.25) is 0 Å². The van der Waals surface area contributed by atoms with Gasteiger partial charge in [0.05, 0.1) is 22.6 Å². The molecule has 0 aliphatic carbocycles. The monoisotopic (exact) mass is 433 g/mol. The number of nitrogens with one attached hydrogen (secondary N) is 1. The maximum atomic E-state index is 12.9. The molecule has 1 saturated heterocycles. The number of nitro groups is 1. The Morgan fingerprint density at radius 2 is 1.90 bits per heavy atom. The fourth-order valence-corrected chi connectivity index (χ4v) is 5.14. The Morgan fingerprint density at radius 3 is 2.50 bits per heavy atom. The van der Waals surface area contributed by atoms with Gasteiger partial charge in [-0.25, -0.2) is 8.42 Å². The van der Waals surface area contributed by atoms with Crippen LogP contribution >= 0.6 is 0 Å². The number of carbonyl (C=O) groups is 1. The van der Waals surface area contributed by atoms with Gasteiger partial charge in [-0.2, -0.15) is 4.31 Å². The minimum Gasteiger partial charge on any atom is -0.495 e. The zero-order valence-corrected chi connectivity index (χ0v) is 17.5. The summed E-state index contributed by atoms with van der Waals surface area (Å²) in [5.41, 5.74) is 0.174. The van der Waals surface area contributed by atoms with Crippen molar-refractivity contribution in [1.82, 2.24) is 4.31 Å². The van der Waals surface area contributed by atoms with Gasteiger partial charge in [0, 0.05) is 30.3 Å². The highest BCUT2D eigenvalue weighted by molar-refractivity contribution is 7.89. The number of anilines is 1. The first-order valence-electron chi connectivity index (χ1n) is 9.49. The molecule has 10 heteroatoms. The van der Waals surface area contributed by atoms with E-state index >= 15 is 0 Å². The van der Waals surface area contributed by atoms with E-state index < -0.39 is 20.9 Å². The number of nitrogens with zero attached hydrogens (tertiary/aromatic N) is 2. The molecule has 0 aromatic heterocycles. The van der Waals surface area contributed by atoms with Crippen molar-refractivity contribution in [3.8, 4) is 5.75 Å². The van der Waals surface area contributed by atoms with Crippen molar-refractivity contribution in [2.45, 2.75) is 37.1 Å². The highest BCUT2D eigenvalue weighted by Crippen LogP contribution is 2.30. The Kier molecular flexibility index (Phi) is 6.37. The third-order valence-electron chi connectivity index (χ3n) is 5.11. The van der Waals surface area contributed by atoms with E-state index in [1.165, 1.54) is 53.9 Å². The van der Waals surface area contributed by atoms with E-state index in [4.69, 9.17) is 4.74 Å². The molecule has 1 N–H and O–H groups in total. The summed E-state index contributed by atoms with van der Waals surface area (Å²) in [6, 6.07) is 9.44. The largest absolute Gasteiger partial charge is 0.495 e. The smallest absolute Gasteiger partial charge is 0.271 e. The Bertz CT molecular complexity index is 1050. The lowest BCUT2D eigenvalue weighted by molar-refractivity contribution is -0.384. The van der Waals surface area contributed by atoms with Crippen LogP contribution in [0.3, 0.4) is 0 Å². The summed E-state index contributed by atoms with van der Waals surface area (Å²) in [6.45, 7) is 2.38. The average molecular weight is 433 g/mol. The fraction of sp³-hybridized carbons (Fsp3) is 0.350. The van der Waals surface area contributed by atoms with Crippen molar-refractivity contribution in [2.75, 3.05) is 19.0 Å². The second kappa shape index (κ2) is 8.80. The summed E-state index contributed by atoms with van der Waals surface area (Å²) in [4.78, 5) is 23.1. The fourth-order valence-electron chi connectivity index (χ4n) is 3.44. The van der Waals surface area contributed by atoms with Crippen LogP contribution in [0.4, 0.5) is 11.4 Å². The molecular formula is C20H23N3O6S.